The molecule has 1 aromatic heterocycles. The summed E-state index contributed by atoms with van der Waals surface area (Å²) in [6, 6.07) is 1.90. The molecule has 1 saturated heterocycles. The first-order valence-electron chi connectivity index (χ1n) is 7.24. The van der Waals surface area contributed by atoms with E-state index < -0.39 is 0 Å². The third kappa shape index (κ3) is 4.31. The Morgan fingerprint density at radius 1 is 1.25 bits per heavy atom. The monoisotopic (exact) mass is 342 g/mol. The molecule has 2 rings (SSSR count). The Morgan fingerprint density at radius 2 is 2.00 bits per heavy atom. The topological polar surface area (TPSA) is 41.5 Å². The Balaban J connectivity index is 2.00. The second kappa shape index (κ2) is 7.78. The third-order valence-electron chi connectivity index (χ3n) is 3.33. The van der Waals surface area contributed by atoms with Crippen LogP contribution >= 0.6 is 15.9 Å². The van der Waals surface area contributed by atoms with Crippen LogP contribution in [0.4, 0.5) is 5.95 Å². The summed E-state index contributed by atoms with van der Waals surface area (Å²) in [5, 5.41) is 1.03. The molecule has 0 radical (unpaired) electrons. The van der Waals surface area contributed by atoms with Crippen molar-refractivity contribution >= 4 is 21.9 Å². The standard InChI is InChI=1S/C14H23BrN4O/c1-3-10-20-13-11-12(2)16-14(17-13)19-8-6-18(5-4-15)7-9-19/h11H,3-10H2,1-2H3. The normalized spacial score (nSPS) is 16.4. The van der Waals surface area contributed by atoms with Crippen LogP contribution in [0.3, 0.4) is 0 Å². The summed E-state index contributed by atoms with van der Waals surface area (Å²) in [6.07, 6.45) is 0.990. The summed E-state index contributed by atoms with van der Waals surface area (Å²) in [4.78, 5) is 13.8. The summed E-state index contributed by atoms with van der Waals surface area (Å²) >= 11 is 3.49. The molecule has 0 aliphatic carbocycles. The fourth-order valence-electron chi connectivity index (χ4n) is 2.24. The van der Waals surface area contributed by atoms with Crippen LogP contribution in [0.5, 0.6) is 5.88 Å². The zero-order valence-corrected chi connectivity index (χ0v) is 13.9. The highest BCUT2D eigenvalue weighted by Gasteiger charge is 2.19. The van der Waals surface area contributed by atoms with Crippen molar-refractivity contribution in [2.45, 2.75) is 20.3 Å². The molecular formula is C14H23BrN4O. The third-order valence-corrected chi connectivity index (χ3v) is 3.68. The first-order chi connectivity index (χ1) is 9.72. The molecule has 5 nitrogen and oxygen atoms in total. The summed E-state index contributed by atoms with van der Waals surface area (Å²) in [7, 11) is 0. The van der Waals surface area contributed by atoms with Crippen LogP contribution in [-0.4, -0.2) is 59.5 Å². The van der Waals surface area contributed by atoms with Crippen molar-refractivity contribution in [3.8, 4) is 5.88 Å². The Labute approximate surface area is 129 Å². The highest BCUT2D eigenvalue weighted by Crippen LogP contribution is 2.17. The second-order valence-electron chi connectivity index (χ2n) is 5.01. The van der Waals surface area contributed by atoms with Crippen molar-refractivity contribution in [1.82, 2.24) is 14.9 Å². The van der Waals surface area contributed by atoms with Crippen molar-refractivity contribution in [2.24, 2.45) is 0 Å². The van der Waals surface area contributed by atoms with Crippen molar-refractivity contribution in [2.75, 3.05) is 49.6 Å². The van der Waals surface area contributed by atoms with Crippen molar-refractivity contribution in [1.29, 1.82) is 0 Å². The Morgan fingerprint density at radius 3 is 2.65 bits per heavy atom. The number of ether oxygens (including phenoxy) is 1. The molecule has 0 N–H and O–H groups in total. The van der Waals surface area contributed by atoms with Gasteiger partial charge < -0.3 is 9.64 Å². The molecule has 1 fully saturated rings. The van der Waals surface area contributed by atoms with E-state index in [0.717, 1.165) is 56.1 Å². The summed E-state index contributed by atoms with van der Waals surface area (Å²) in [6.45, 7) is 9.97. The Kier molecular flexibility index (Phi) is 6.04. The number of hydrogen-bond donors (Lipinski definition) is 0. The van der Waals surface area contributed by atoms with E-state index in [4.69, 9.17) is 4.74 Å². The highest BCUT2D eigenvalue weighted by molar-refractivity contribution is 9.09. The van der Waals surface area contributed by atoms with Crippen LogP contribution in [0.2, 0.25) is 0 Å². The maximum absolute atomic E-state index is 5.63. The van der Waals surface area contributed by atoms with Gasteiger partial charge in [0.05, 0.1) is 6.61 Å². The van der Waals surface area contributed by atoms with Gasteiger partial charge in [-0.05, 0) is 13.3 Å². The lowest BCUT2D eigenvalue weighted by Gasteiger charge is -2.34. The summed E-state index contributed by atoms with van der Waals surface area (Å²) < 4.78 is 5.63. The number of nitrogens with zero attached hydrogens (tertiary/aromatic N) is 4. The van der Waals surface area contributed by atoms with E-state index in [1.807, 2.05) is 13.0 Å². The van der Waals surface area contributed by atoms with Gasteiger partial charge in [-0.1, -0.05) is 22.9 Å². The molecule has 1 aliphatic heterocycles. The van der Waals surface area contributed by atoms with Crippen LogP contribution in [0, 0.1) is 6.92 Å². The van der Waals surface area contributed by atoms with Crippen molar-refractivity contribution in [3.63, 3.8) is 0 Å². The lowest BCUT2D eigenvalue weighted by atomic mass is 10.3. The Hall–Kier alpha value is -0.880. The number of anilines is 1. The summed E-state index contributed by atoms with van der Waals surface area (Å²) in [5.74, 6) is 1.49. The number of alkyl halides is 1. The van der Waals surface area contributed by atoms with Gasteiger partial charge in [-0.3, -0.25) is 4.90 Å². The fraction of sp³-hybridized carbons (Fsp3) is 0.714. The largest absolute Gasteiger partial charge is 0.478 e. The number of halogens is 1. The van der Waals surface area contributed by atoms with Crippen molar-refractivity contribution < 1.29 is 4.74 Å². The van der Waals surface area contributed by atoms with Crippen LogP contribution in [0.1, 0.15) is 19.0 Å². The molecule has 2 heterocycles. The first kappa shape index (κ1) is 15.5. The quantitative estimate of drug-likeness (QED) is 0.740. The molecule has 0 spiro atoms. The molecule has 0 amide bonds. The average molecular weight is 343 g/mol. The molecule has 0 aromatic carbocycles. The van der Waals surface area contributed by atoms with Gasteiger partial charge in [-0.15, -0.1) is 0 Å². The van der Waals surface area contributed by atoms with E-state index in [1.54, 1.807) is 0 Å². The van der Waals surface area contributed by atoms with E-state index in [9.17, 15) is 0 Å². The lowest BCUT2D eigenvalue weighted by molar-refractivity contribution is 0.271. The molecule has 1 aliphatic rings. The van der Waals surface area contributed by atoms with Gasteiger partial charge in [-0.25, -0.2) is 4.98 Å². The molecule has 0 atom stereocenters. The minimum Gasteiger partial charge on any atom is -0.478 e. The van der Waals surface area contributed by atoms with Gasteiger partial charge >= 0.3 is 0 Å². The van der Waals surface area contributed by atoms with E-state index in [0.29, 0.717) is 12.5 Å². The number of aryl methyl sites for hydroxylation is 1. The predicted molar refractivity (Wildman–Crippen MR) is 85.0 cm³/mol. The van der Waals surface area contributed by atoms with Gasteiger partial charge in [0.15, 0.2) is 0 Å². The number of aromatic nitrogens is 2. The predicted octanol–water partition coefficient (Wildman–Crippen LogP) is 2.09. The van der Waals surface area contributed by atoms with Crippen LogP contribution in [0.25, 0.3) is 0 Å². The number of rotatable bonds is 6. The van der Waals surface area contributed by atoms with Crippen LogP contribution in [-0.2, 0) is 0 Å². The zero-order valence-electron chi connectivity index (χ0n) is 12.3. The molecule has 0 saturated carbocycles. The molecule has 0 unspecified atom stereocenters. The maximum Gasteiger partial charge on any atom is 0.228 e. The Bertz CT molecular complexity index is 422. The average Bonchev–Trinajstić information content (AvgIpc) is 2.46. The van der Waals surface area contributed by atoms with Crippen LogP contribution in [0.15, 0.2) is 6.07 Å². The number of hydrogen-bond acceptors (Lipinski definition) is 5. The summed E-state index contributed by atoms with van der Waals surface area (Å²) in [5.41, 5.74) is 0.962. The van der Waals surface area contributed by atoms with Crippen LogP contribution < -0.4 is 9.64 Å². The van der Waals surface area contributed by atoms with Crippen molar-refractivity contribution in [3.05, 3.63) is 11.8 Å². The molecule has 1 aromatic rings. The molecule has 112 valence electrons. The van der Waals surface area contributed by atoms with Gasteiger partial charge in [0, 0.05) is 49.8 Å². The highest BCUT2D eigenvalue weighted by atomic mass is 79.9. The zero-order chi connectivity index (χ0) is 14.4. The minimum atomic E-state index is 0.692. The number of piperazine rings is 1. The fourth-order valence-corrected chi connectivity index (χ4v) is 2.74. The maximum atomic E-state index is 5.63. The SMILES string of the molecule is CCCOc1cc(C)nc(N2CCN(CCBr)CC2)n1. The van der Waals surface area contributed by atoms with E-state index in [2.05, 4.69) is 42.6 Å². The van der Waals surface area contributed by atoms with E-state index >= 15 is 0 Å². The van der Waals surface area contributed by atoms with Gasteiger partial charge in [0.25, 0.3) is 0 Å². The smallest absolute Gasteiger partial charge is 0.228 e. The molecular weight excluding hydrogens is 320 g/mol. The van der Waals surface area contributed by atoms with E-state index in [1.165, 1.54) is 0 Å². The van der Waals surface area contributed by atoms with Gasteiger partial charge in [0.1, 0.15) is 0 Å². The lowest BCUT2D eigenvalue weighted by Crippen LogP contribution is -2.47. The second-order valence-corrected chi connectivity index (χ2v) is 5.81. The first-order valence-corrected chi connectivity index (χ1v) is 8.37. The minimum absolute atomic E-state index is 0.692. The molecule has 20 heavy (non-hydrogen) atoms. The van der Waals surface area contributed by atoms with Gasteiger partial charge in [0.2, 0.25) is 11.8 Å². The molecule has 6 heteroatoms. The van der Waals surface area contributed by atoms with Gasteiger partial charge in [-0.2, -0.15) is 4.98 Å². The van der Waals surface area contributed by atoms with E-state index in [-0.39, 0.29) is 0 Å². The molecule has 0 bridgehead atoms.